The second-order valence-corrected chi connectivity index (χ2v) is 18.1. The van der Waals surface area contributed by atoms with Crippen LogP contribution in [0.15, 0.2) is 66.0 Å². The number of ether oxygens (including phenoxy) is 6. The van der Waals surface area contributed by atoms with Crippen LogP contribution in [0, 0.1) is 24.7 Å². The maximum Gasteiger partial charge on any atom is 0.255 e. The molecule has 2 saturated carbocycles. The van der Waals surface area contributed by atoms with E-state index >= 15 is 0 Å². The molecule has 0 radical (unpaired) electrons. The SMILES string of the molecule is CCOc1ccc(C[C@@H](NC(=O)c2c(C)[nH]c3c(-c4c(OCC5CC5)ccc5c4OCO5)ncnc23)C(=O)N2CCC(N3N=C(c4ccc(OC)c(OC)c4)[C@H]4CCCC[C@H]4C3=O)CC2)cc1. The summed E-state index contributed by atoms with van der Waals surface area (Å²) in [7, 11) is 3.23. The highest BCUT2D eigenvalue weighted by Crippen LogP contribution is 2.49. The normalized spacial score (nSPS) is 19.7. The Labute approximate surface area is 389 Å². The third-order valence-electron chi connectivity index (χ3n) is 13.9. The van der Waals surface area contributed by atoms with Crippen molar-refractivity contribution in [3.05, 3.63) is 83.3 Å². The van der Waals surface area contributed by atoms with Crippen molar-refractivity contribution in [2.45, 2.75) is 83.7 Å². The number of rotatable bonds is 15. The number of benzene rings is 3. The monoisotopic (exact) mass is 911 g/mol. The zero-order valence-corrected chi connectivity index (χ0v) is 38.5. The highest BCUT2D eigenvalue weighted by molar-refractivity contribution is 6.11. The minimum Gasteiger partial charge on any atom is -0.494 e. The Morgan fingerprint density at radius 1 is 0.881 bits per heavy atom. The minimum atomic E-state index is -0.924. The Bertz CT molecular complexity index is 2710. The lowest BCUT2D eigenvalue weighted by atomic mass is 9.73. The van der Waals surface area contributed by atoms with Crippen LogP contribution < -0.4 is 33.7 Å². The molecule has 350 valence electrons. The third kappa shape index (κ3) is 8.69. The summed E-state index contributed by atoms with van der Waals surface area (Å²) in [4.78, 5) is 58.2. The fraction of sp³-hybridized carbons (Fsp3) is 0.451. The van der Waals surface area contributed by atoms with Crippen molar-refractivity contribution in [1.29, 1.82) is 0 Å². The van der Waals surface area contributed by atoms with Gasteiger partial charge in [-0.3, -0.25) is 14.4 Å². The van der Waals surface area contributed by atoms with Gasteiger partial charge < -0.3 is 43.6 Å². The van der Waals surface area contributed by atoms with E-state index in [1.807, 2.05) is 68.4 Å². The molecule has 0 bridgehead atoms. The van der Waals surface area contributed by atoms with Crippen molar-refractivity contribution < 1.29 is 42.8 Å². The van der Waals surface area contributed by atoms with E-state index in [1.54, 1.807) is 24.1 Å². The van der Waals surface area contributed by atoms with Crippen LogP contribution in [-0.2, 0) is 16.0 Å². The molecule has 16 nitrogen and oxygen atoms in total. The standard InChI is InChI=1S/C51H57N7O9/c1-5-64-34-15-12-30(13-16-34)24-37(55-49(59)42-29(2)54-47-45(42)52-27-53-46(47)43-39(65-26-31-10-11-31)18-19-40-48(43)67-28-66-40)51(61)57-22-20-33(21-23-57)58-50(60)36-9-7-6-8-35(36)44(56-58)32-14-17-38(62-3)41(25-32)63-4/h12-19,25,27,31,33,35-37,54H,5-11,20-24,26,28H2,1-4H3,(H,55,59)/t35-,36+,37+/m0/s1. The lowest BCUT2D eigenvalue weighted by Crippen LogP contribution is -2.56. The van der Waals surface area contributed by atoms with Gasteiger partial charge in [-0.2, -0.15) is 5.10 Å². The number of hydrogen-bond donors (Lipinski definition) is 2. The smallest absolute Gasteiger partial charge is 0.255 e. The number of amides is 3. The van der Waals surface area contributed by atoms with Crippen molar-refractivity contribution >= 4 is 34.5 Å². The summed E-state index contributed by atoms with van der Waals surface area (Å²) in [5, 5.41) is 9.96. The summed E-state index contributed by atoms with van der Waals surface area (Å²) in [6.45, 7) is 5.68. The van der Waals surface area contributed by atoms with Crippen LogP contribution in [0.3, 0.4) is 0 Å². The van der Waals surface area contributed by atoms with Crippen molar-refractivity contribution in [2.75, 3.05) is 47.3 Å². The summed E-state index contributed by atoms with van der Waals surface area (Å²) >= 11 is 0. The molecule has 0 spiro atoms. The van der Waals surface area contributed by atoms with E-state index in [1.165, 1.54) is 6.33 Å². The number of aromatic amines is 1. The fourth-order valence-electron chi connectivity index (χ4n) is 10.2. The number of hydrazone groups is 1. The fourth-order valence-corrected chi connectivity index (χ4v) is 10.2. The first-order chi connectivity index (χ1) is 32.7. The molecule has 16 heteroatoms. The molecule has 3 aliphatic heterocycles. The molecule has 67 heavy (non-hydrogen) atoms. The number of carbonyl (C=O) groups excluding carboxylic acids is 3. The van der Waals surface area contributed by atoms with E-state index in [4.69, 9.17) is 38.5 Å². The Balaban J connectivity index is 0.913. The zero-order valence-electron chi connectivity index (χ0n) is 38.5. The highest BCUT2D eigenvalue weighted by atomic mass is 16.7. The number of aromatic nitrogens is 3. The first kappa shape index (κ1) is 44.0. The second kappa shape index (κ2) is 18.8. The number of methoxy groups -OCH3 is 2. The zero-order chi connectivity index (χ0) is 46.2. The number of carbonyl (C=O) groups is 3. The summed E-state index contributed by atoms with van der Waals surface area (Å²) in [6, 6.07) is 16.0. The number of likely N-dealkylation sites (tertiary alicyclic amines) is 1. The van der Waals surface area contributed by atoms with E-state index in [2.05, 4.69) is 15.3 Å². The van der Waals surface area contributed by atoms with E-state index in [9.17, 15) is 14.4 Å². The maximum atomic E-state index is 14.8. The minimum absolute atomic E-state index is 0.0224. The van der Waals surface area contributed by atoms with Gasteiger partial charge in [0.05, 0.1) is 55.8 Å². The van der Waals surface area contributed by atoms with Crippen molar-refractivity contribution in [3.63, 3.8) is 0 Å². The molecule has 3 aromatic carbocycles. The molecule has 1 saturated heterocycles. The van der Waals surface area contributed by atoms with E-state index in [0.29, 0.717) is 107 Å². The first-order valence-electron chi connectivity index (χ1n) is 23.6. The maximum absolute atomic E-state index is 14.8. The molecule has 3 fully saturated rings. The van der Waals surface area contributed by atoms with Gasteiger partial charge in [-0.25, -0.2) is 15.0 Å². The van der Waals surface area contributed by atoms with Crippen LogP contribution in [0.2, 0.25) is 0 Å². The second-order valence-electron chi connectivity index (χ2n) is 18.1. The lowest BCUT2D eigenvalue weighted by Gasteiger charge is -2.43. The molecule has 5 aliphatic rings. The van der Waals surface area contributed by atoms with Crippen LogP contribution in [0.1, 0.15) is 85.5 Å². The van der Waals surface area contributed by atoms with Gasteiger partial charge in [-0.15, -0.1) is 0 Å². The molecular formula is C51H57N7O9. The van der Waals surface area contributed by atoms with Crippen LogP contribution >= 0.6 is 0 Å². The third-order valence-corrected chi connectivity index (χ3v) is 13.9. The predicted molar refractivity (Wildman–Crippen MR) is 249 cm³/mol. The number of aryl methyl sites for hydroxylation is 1. The Kier molecular flexibility index (Phi) is 12.4. The predicted octanol–water partition coefficient (Wildman–Crippen LogP) is 7.25. The summed E-state index contributed by atoms with van der Waals surface area (Å²) < 4.78 is 34.9. The molecule has 2 aliphatic carbocycles. The molecule has 2 N–H and O–H groups in total. The summed E-state index contributed by atoms with van der Waals surface area (Å²) in [5.74, 6) is 3.43. The number of fused-ring (bicyclic) bond motifs is 3. The molecule has 10 rings (SSSR count). The van der Waals surface area contributed by atoms with E-state index in [0.717, 1.165) is 61.1 Å². The van der Waals surface area contributed by atoms with Gasteiger partial charge in [0, 0.05) is 42.6 Å². The molecule has 2 aromatic heterocycles. The van der Waals surface area contributed by atoms with Crippen LogP contribution in [-0.4, -0.2) is 108 Å². The molecule has 3 atom stereocenters. The van der Waals surface area contributed by atoms with Crippen molar-refractivity contribution in [1.82, 2.24) is 30.2 Å². The Morgan fingerprint density at radius 2 is 1.64 bits per heavy atom. The number of nitrogens with zero attached hydrogens (tertiary/aromatic N) is 5. The number of piperidine rings is 1. The number of hydrogen-bond acceptors (Lipinski definition) is 12. The van der Waals surface area contributed by atoms with Gasteiger partial charge in [0.2, 0.25) is 18.6 Å². The average Bonchev–Trinajstić information content (AvgIpc) is 3.95. The highest BCUT2D eigenvalue weighted by Gasteiger charge is 2.44. The van der Waals surface area contributed by atoms with Crippen LogP contribution in [0.25, 0.3) is 22.3 Å². The van der Waals surface area contributed by atoms with E-state index in [-0.39, 0.29) is 42.9 Å². The van der Waals surface area contributed by atoms with Gasteiger partial charge >= 0.3 is 0 Å². The van der Waals surface area contributed by atoms with Gasteiger partial charge in [0.1, 0.15) is 35.1 Å². The van der Waals surface area contributed by atoms with Gasteiger partial charge in [0.25, 0.3) is 5.91 Å². The lowest BCUT2D eigenvalue weighted by molar-refractivity contribution is -0.143. The van der Waals surface area contributed by atoms with Crippen LogP contribution in [0.5, 0.6) is 34.5 Å². The summed E-state index contributed by atoms with van der Waals surface area (Å²) in [6.07, 6.45) is 8.74. The molecule has 5 heterocycles. The summed E-state index contributed by atoms with van der Waals surface area (Å²) in [5.41, 5.74) is 5.59. The average molecular weight is 912 g/mol. The molecule has 0 unspecified atom stereocenters. The topological polar surface area (TPSA) is 179 Å². The quantitative estimate of drug-likeness (QED) is 0.108. The Hall–Kier alpha value is -6.84. The number of nitrogens with one attached hydrogen (secondary N) is 2. The largest absolute Gasteiger partial charge is 0.494 e. The number of H-pyrrole nitrogens is 1. The molecule has 3 amide bonds. The van der Waals surface area contributed by atoms with Crippen LogP contribution in [0.4, 0.5) is 0 Å². The molecule has 5 aromatic rings. The molecular weight excluding hydrogens is 855 g/mol. The first-order valence-corrected chi connectivity index (χ1v) is 23.6. The van der Waals surface area contributed by atoms with E-state index < -0.39 is 11.9 Å². The van der Waals surface area contributed by atoms with Crippen molar-refractivity contribution in [3.8, 4) is 45.8 Å². The van der Waals surface area contributed by atoms with Gasteiger partial charge in [-0.1, -0.05) is 25.0 Å². The van der Waals surface area contributed by atoms with Gasteiger partial charge in [0.15, 0.2) is 23.0 Å². The Morgan fingerprint density at radius 3 is 2.39 bits per heavy atom. The van der Waals surface area contributed by atoms with Crippen molar-refractivity contribution in [2.24, 2.45) is 22.9 Å². The van der Waals surface area contributed by atoms with Gasteiger partial charge in [-0.05, 0) is 106 Å².